The molecule has 1 aliphatic heterocycles. The molecule has 0 saturated carbocycles. The Hall–Kier alpha value is -1.59. The fourth-order valence-corrected chi connectivity index (χ4v) is 1.91. The number of amides is 2. The van der Waals surface area contributed by atoms with Gasteiger partial charge in [-0.15, -0.1) is 0 Å². The first-order valence-electron chi connectivity index (χ1n) is 6.25. The lowest BCUT2D eigenvalue weighted by atomic mass is 9.95. The lowest BCUT2D eigenvalue weighted by Gasteiger charge is -2.25. The Bertz CT molecular complexity index is 333. The molecular weight excluding hydrogens is 236 g/mol. The zero-order valence-corrected chi connectivity index (χ0v) is 10.7. The number of hydrogen-bond donors (Lipinski definition) is 3. The van der Waals surface area contributed by atoms with Gasteiger partial charge in [0.1, 0.15) is 6.04 Å². The normalized spacial score (nSPS) is 22.8. The third-order valence-corrected chi connectivity index (χ3v) is 3.41. The van der Waals surface area contributed by atoms with Crippen molar-refractivity contribution in [3.8, 4) is 0 Å². The topological polar surface area (TPSA) is 95.5 Å². The van der Waals surface area contributed by atoms with Crippen molar-refractivity contribution in [2.24, 2.45) is 11.8 Å². The highest BCUT2D eigenvalue weighted by Gasteiger charge is 2.30. The van der Waals surface area contributed by atoms with E-state index in [1.54, 1.807) is 6.92 Å². The summed E-state index contributed by atoms with van der Waals surface area (Å²) in [6, 6.07) is -0.861. The van der Waals surface area contributed by atoms with Crippen LogP contribution in [0, 0.1) is 11.8 Å². The number of piperidine rings is 1. The SMILES string of the molecule is CC[C@H](C)[C@H](NC(=O)C1CCC(=O)NC1)C(=O)O. The molecular formula is C12H20N2O4. The molecule has 0 spiro atoms. The first kappa shape index (κ1) is 14.5. The lowest BCUT2D eigenvalue weighted by molar-refractivity contribution is -0.144. The summed E-state index contributed by atoms with van der Waals surface area (Å²) in [6.07, 6.45) is 1.47. The van der Waals surface area contributed by atoms with Crippen molar-refractivity contribution in [2.45, 2.75) is 39.2 Å². The molecule has 1 rings (SSSR count). The summed E-state index contributed by atoms with van der Waals surface area (Å²) in [6.45, 7) is 3.97. The van der Waals surface area contributed by atoms with Crippen LogP contribution < -0.4 is 10.6 Å². The van der Waals surface area contributed by atoms with E-state index < -0.39 is 12.0 Å². The molecule has 1 saturated heterocycles. The highest BCUT2D eigenvalue weighted by atomic mass is 16.4. The molecule has 0 bridgehead atoms. The molecule has 6 heteroatoms. The van der Waals surface area contributed by atoms with Crippen LogP contribution in [-0.2, 0) is 14.4 Å². The van der Waals surface area contributed by atoms with Crippen LogP contribution in [0.5, 0.6) is 0 Å². The molecule has 0 aromatic heterocycles. The van der Waals surface area contributed by atoms with E-state index in [1.807, 2.05) is 6.92 Å². The summed E-state index contributed by atoms with van der Waals surface area (Å²) < 4.78 is 0. The van der Waals surface area contributed by atoms with Gasteiger partial charge >= 0.3 is 5.97 Å². The smallest absolute Gasteiger partial charge is 0.326 e. The van der Waals surface area contributed by atoms with Gasteiger partial charge in [-0.1, -0.05) is 20.3 Å². The maximum atomic E-state index is 11.9. The third-order valence-electron chi connectivity index (χ3n) is 3.41. The van der Waals surface area contributed by atoms with Gasteiger partial charge in [-0.25, -0.2) is 4.79 Å². The number of aliphatic carboxylic acids is 1. The summed E-state index contributed by atoms with van der Waals surface area (Å²) >= 11 is 0. The first-order chi connectivity index (χ1) is 8.45. The number of hydrogen-bond acceptors (Lipinski definition) is 3. The van der Waals surface area contributed by atoms with E-state index in [-0.39, 0.29) is 30.2 Å². The van der Waals surface area contributed by atoms with Crippen LogP contribution in [0.25, 0.3) is 0 Å². The van der Waals surface area contributed by atoms with Crippen LogP contribution in [0.3, 0.4) is 0 Å². The minimum absolute atomic E-state index is 0.0595. The fourth-order valence-electron chi connectivity index (χ4n) is 1.91. The van der Waals surface area contributed by atoms with Gasteiger partial charge in [-0.2, -0.15) is 0 Å². The molecule has 1 heterocycles. The molecule has 3 atom stereocenters. The van der Waals surface area contributed by atoms with Crippen LogP contribution in [0.4, 0.5) is 0 Å². The van der Waals surface area contributed by atoms with Gasteiger partial charge in [-0.3, -0.25) is 9.59 Å². The maximum absolute atomic E-state index is 11.9. The number of carbonyl (C=O) groups is 3. The summed E-state index contributed by atoms with van der Waals surface area (Å²) in [5, 5.41) is 14.3. The lowest BCUT2D eigenvalue weighted by Crippen LogP contribution is -2.50. The Morgan fingerprint density at radius 2 is 2.22 bits per heavy atom. The van der Waals surface area contributed by atoms with Crippen molar-refractivity contribution < 1.29 is 19.5 Å². The molecule has 0 radical (unpaired) electrons. The van der Waals surface area contributed by atoms with Gasteiger partial charge in [0.15, 0.2) is 0 Å². The summed E-state index contributed by atoms with van der Waals surface area (Å²) in [5.74, 6) is -1.81. The second-order valence-corrected chi connectivity index (χ2v) is 4.75. The van der Waals surface area contributed by atoms with E-state index >= 15 is 0 Å². The average Bonchev–Trinajstić information content (AvgIpc) is 2.35. The minimum Gasteiger partial charge on any atom is -0.480 e. The van der Waals surface area contributed by atoms with Crippen molar-refractivity contribution in [3.63, 3.8) is 0 Å². The minimum atomic E-state index is -1.02. The van der Waals surface area contributed by atoms with Crippen molar-refractivity contribution in [3.05, 3.63) is 0 Å². The molecule has 3 N–H and O–H groups in total. The third kappa shape index (κ3) is 3.72. The molecule has 0 aromatic carbocycles. The Morgan fingerprint density at radius 1 is 1.56 bits per heavy atom. The van der Waals surface area contributed by atoms with Gasteiger partial charge in [0.25, 0.3) is 0 Å². The van der Waals surface area contributed by atoms with Gasteiger partial charge in [0.05, 0.1) is 5.92 Å². The Morgan fingerprint density at radius 3 is 2.67 bits per heavy atom. The highest BCUT2D eigenvalue weighted by molar-refractivity contribution is 5.87. The van der Waals surface area contributed by atoms with E-state index in [2.05, 4.69) is 10.6 Å². The molecule has 1 aliphatic rings. The zero-order chi connectivity index (χ0) is 13.7. The number of nitrogens with one attached hydrogen (secondary N) is 2. The Kier molecular flexibility index (Phi) is 5.12. The van der Waals surface area contributed by atoms with Crippen LogP contribution >= 0.6 is 0 Å². The number of carboxylic acid groups (broad SMARTS) is 1. The standard InChI is InChI=1S/C12H20N2O4/c1-3-7(2)10(12(17)18)14-11(16)8-4-5-9(15)13-6-8/h7-8,10H,3-6H2,1-2H3,(H,13,15)(H,14,16)(H,17,18)/t7-,8?,10-/m0/s1. The van der Waals surface area contributed by atoms with Crippen molar-refractivity contribution in [1.82, 2.24) is 10.6 Å². The van der Waals surface area contributed by atoms with Gasteiger partial charge in [0.2, 0.25) is 11.8 Å². The van der Waals surface area contributed by atoms with Crippen LogP contribution in [0.1, 0.15) is 33.1 Å². The number of carboxylic acids is 1. The average molecular weight is 256 g/mol. The maximum Gasteiger partial charge on any atom is 0.326 e. The molecule has 2 amide bonds. The molecule has 1 fully saturated rings. The van der Waals surface area contributed by atoms with E-state index in [0.29, 0.717) is 19.3 Å². The first-order valence-corrected chi connectivity index (χ1v) is 6.25. The predicted molar refractivity (Wildman–Crippen MR) is 64.8 cm³/mol. The monoisotopic (exact) mass is 256 g/mol. The van der Waals surface area contributed by atoms with E-state index in [4.69, 9.17) is 5.11 Å². The zero-order valence-electron chi connectivity index (χ0n) is 10.7. The van der Waals surface area contributed by atoms with E-state index in [9.17, 15) is 14.4 Å². The van der Waals surface area contributed by atoms with Crippen molar-refractivity contribution >= 4 is 17.8 Å². The van der Waals surface area contributed by atoms with E-state index in [1.165, 1.54) is 0 Å². The predicted octanol–water partition coefficient (Wildman–Crippen LogP) is 0.128. The molecule has 0 aromatic rings. The molecule has 1 unspecified atom stereocenters. The van der Waals surface area contributed by atoms with Crippen molar-refractivity contribution in [2.75, 3.05) is 6.54 Å². The van der Waals surface area contributed by atoms with Crippen molar-refractivity contribution in [1.29, 1.82) is 0 Å². The summed E-state index contributed by atoms with van der Waals surface area (Å²) in [5.41, 5.74) is 0. The summed E-state index contributed by atoms with van der Waals surface area (Å²) in [4.78, 5) is 34.0. The Labute approximate surface area is 106 Å². The van der Waals surface area contributed by atoms with E-state index in [0.717, 1.165) is 0 Å². The van der Waals surface area contributed by atoms with Gasteiger partial charge in [0, 0.05) is 13.0 Å². The highest BCUT2D eigenvalue weighted by Crippen LogP contribution is 2.13. The largest absolute Gasteiger partial charge is 0.480 e. The molecule has 6 nitrogen and oxygen atoms in total. The number of rotatable bonds is 5. The fraction of sp³-hybridized carbons (Fsp3) is 0.750. The van der Waals surface area contributed by atoms with Crippen LogP contribution in [-0.4, -0.2) is 35.5 Å². The molecule has 102 valence electrons. The van der Waals surface area contributed by atoms with Crippen LogP contribution in [0.2, 0.25) is 0 Å². The van der Waals surface area contributed by atoms with Gasteiger partial charge in [-0.05, 0) is 12.3 Å². The number of carbonyl (C=O) groups excluding carboxylic acids is 2. The Balaban J connectivity index is 2.56. The molecule has 0 aliphatic carbocycles. The second kappa shape index (κ2) is 6.37. The summed E-state index contributed by atoms with van der Waals surface area (Å²) in [7, 11) is 0. The second-order valence-electron chi connectivity index (χ2n) is 4.75. The van der Waals surface area contributed by atoms with Gasteiger partial charge < -0.3 is 15.7 Å². The quantitative estimate of drug-likeness (QED) is 0.651. The van der Waals surface area contributed by atoms with Crippen LogP contribution in [0.15, 0.2) is 0 Å². The molecule has 18 heavy (non-hydrogen) atoms.